The average Bonchev–Trinajstić information content (AvgIpc) is 2.77. The van der Waals surface area contributed by atoms with Crippen molar-refractivity contribution in [3.63, 3.8) is 0 Å². The molecule has 1 unspecified atom stereocenters. The Balaban J connectivity index is 1.72. The van der Waals surface area contributed by atoms with E-state index >= 15 is 0 Å². The lowest BCUT2D eigenvalue weighted by Crippen LogP contribution is -2.34. The number of halogens is 1. The number of amides is 1. The van der Waals surface area contributed by atoms with Gasteiger partial charge in [0.05, 0.1) is 0 Å². The summed E-state index contributed by atoms with van der Waals surface area (Å²) >= 11 is 2.30. The number of hydrogen-bond donors (Lipinski definition) is 0. The molecule has 0 radical (unpaired) electrons. The predicted octanol–water partition coefficient (Wildman–Crippen LogP) is 3.04. The van der Waals surface area contributed by atoms with E-state index in [4.69, 9.17) is 0 Å². The van der Waals surface area contributed by atoms with Gasteiger partial charge in [-0.1, -0.05) is 0 Å². The molecule has 5 heteroatoms. The third kappa shape index (κ3) is 2.27. The number of aromatic nitrogens is 2. The van der Waals surface area contributed by atoms with Crippen molar-refractivity contribution in [3.8, 4) is 0 Å². The zero-order valence-corrected chi connectivity index (χ0v) is 14.7. The Morgan fingerprint density at radius 1 is 1.45 bits per heavy atom. The minimum Gasteiger partial charge on any atom is -0.343 e. The summed E-state index contributed by atoms with van der Waals surface area (Å²) in [5.41, 5.74) is 1.41. The number of hydrogen-bond acceptors (Lipinski definition) is 2. The van der Waals surface area contributed by atoms with Gasteiger partial charge in [0.1, 0.15) is 3.70 Å². The van der Waals surface area contributed by atoms with Crippen LogP contribution in [0, 0.1) is 15.5 Å². The van der Waals surface area contributed by atoms with Crippen LogP contribution >= 0.6 is 22.6 Å². The lowest BCUT2D eigenvalue weighted by Gasteiger charge is -2.25. The van der Waals surface area contributed by atoms with Gasteiger partial charge in [-0.25, -0.2) is 0 Å². The topological polar surface area (TPSA) is 38.1 Å². The van der Waals surface area contributed by atoms with E-state index in [1.165, 1.54) is 5.69 Å². The Hall–Kier alpha value is -0.590. The number of carbonyl (C=O) groups excluding carboxylic acids is 1. The van der Waals surface area contributed by atoms with Crippen molar-refractivity contribution in [1.82, 2.24) is 14.7 Å². The molecule has 4 nitrogen and oxygen atoms in total. The highest BCUT2D eigenvalue weighted by Crippen LogP contribution is 2.64. The smallest absolute Gasteiger partial charge is 0.219 e. The Bertz CT molecular complexity index is 527. The normalized spacial score (nSPS) is 31.5. The minimum absolute atomic E-state index is 0.189. The van der Waals surface area contributed by atoms with Crippen LogP contribution < -0.4 is 0 Å². The standard InChI is InChI=1S/C15H22IN3O/c1-8(2)19-13(7-14(16)17-19)15-11-5-10(6-12(11)15)18(4)9(3)20/h7-8,10-12,15H,5-6H2,1-4H3/t10?,11-,12+,15+. The van der Waals surface area contributed by atoms with Gasteiger partial charge in [0.2, 0.25) is 5.91 Å². The SMILES string of the molecule is CC(=O)N(C)C1C[C@@H]2[C@H](C1)[C@H]2c1cc(I)nn1C(C)C. The van der Waals surface area contributed by atoms with Crippen LogP contribution in [0.1, 0.15) is 51.3 Å². The largest absolute Gasteiger partial charge is 0.343 e. The number of fused-ring (bicyclic) bond motifs is 1. The lowest BCUT2D eigenvalue weighted by atomic mass is 10.0. The second kappa shape index (κ2) is 5.00. The Morgan fingerprint density at radius 3 is 2.55 bits per heavy atom. The highest BCUT2D eigenvalue weighted by atomic mass is 127. The highest BCUT2D eigenvalue weighted by Gasteiger charge is 2.58. The molecule has 1 aromatic heterocycles. The Kier molecular flexibility index (Phi) is 3.59. The van der Waals surface area contributed by atoms with Gasteiger partial charge >= 0.3 is 0 Å². The lowest BCUT2D eigenvalue weighted by molar-refractivity contribution is -0.129. The van der Waals surface area contributed by atoms with Crippen LogP contribution in [0.25, 0.3) is 0 Å². The number of nitrogens with zero attached hydrogens (tertiary/aromatic N) is 3. The molecule has 0 aliphatic heterocycles. The van der Waals surface area contributed by atoms with Gasteiger partial charge in [0.25, 0.3) is 0 Å². The molecule has 1 aromatic rings. The van der Waals surface area contributed by atoms with Crippen LogP contribution in [0.2, 0.25) is 0 Å². The molecule has 2 saturated carbocycles. The fraction of sp³-hybridized carbons (Fsp3) is 0.733. The molecule has 110 valence electrons. The summed E-state index contributed by atoms with van der Waals surface area (Å²) in [7, 11) is 1.94. The van der Waals surface area contributed by atoms with Crippen LogP contribution in [0.15, 0.2) is 6.07 Å². The van der Waals surface area contributed by atoms with E-state index in [2.05, 4.69) is 52.3 Å². The van der Waals surface area contributed by atoms with Gasteiger partial charge in [-0.15, -0.1) is 0 Å². The first kappa shape index (κ1) is 14.4. The van der Waals surface area contributed by atoms with Crippen LogP contribution in [0.4, 0.5) is 0 Å². The first-order chi connectivity index (χ1) is 9.40. The Morgan fingerprint density at radius 2 is 2.05 bits per heavy atom. The van der Waals surface area contributed by atoms with Crippen molar-refractivity contribution in [2.24, 2.45) is 11.8 Å². The predicted molar refractivity (Wildman–Crippen MR) is 86.5 cm³/mol. The Labute approximate surface area is 134 Å². The summed E-state index contributed by atoms with van der Waals surface area (Å²) in [6.45, 7) is 6.05. The summed E-state index contributed by atoms with van der Waals surface area (Å²) in [6.07, 6.45) is 2.32. The zero-order valence-electron chi connectivity index (χ0n) is 12.5. The minimum atomic E-state index is 0.189. The van der Waals surface area contributed by atoms with E-state index in [1.54, 1.807) is 6.92 Å². The molecular formula is C15H22IN3O. The highest BCUT2D eigenvalue weighted by molar-refractivity contribution is 14.1. The molecule has 2 fully saturated rings. The van der Waals surface area contributed by atoms with Crippen molar-refractivity contribution >= 4 is 28.5 Å². The van der Waals surface area contributed by atoms with E-state index in [0.717, 1.165) is 28.4 Å². The van der Waals surface area contributed by atoms with Gasteiger partial charge in [-0.3, -0.25) is 9.48 Å². The van der Waals surface area contributed by atoms with Crippen LogP contribution in [0.3, 0.4) is 0 Å². The van der Waals surface area contributed by atoms with E-state index in [-0.39, 0.29) is 5.91 Å². The monoisotopic (exact) mass is 387 g/mol. The molecule has 1 amide bonds. The van der Waals surface area contributed by atoms with E-state index in [1.807, 2.05) is 11.9 Å². The fourth-order valence-electron chi connectivity index (χ4n) is 3.86. The van der Waals surface area contributed by atoms with Crippen molar-refractivity contribution in [3.05, 3.63) is 15.5 Å². The summed E-state index contributed by atoms with van der Waals surface area (Å²) in [4.78, 5) is 13.4. The molecule has 2 aliphatic rings. The number of carbonyl (C=O) groups is 1. The first-order valence-electron chi connectivity index (χ1n) is 7.38. The molecule has 0 saturated heterocycles. The quantitative estimate of drug-likeness (QED) is 0.748. The fourth-order valence-corrected chi connectivity index (χ4v) is 4.42. The van der Waals surface area contributed by atoms with Gasteiger partial charge in [-0.2, -0.15) is 5.10 Å². The van der Waals surface area contributed by atoms with Crippen LogP contribution in [-0.2, 0) is 4.79 Å². The van der Waals surface area contributed by atoms with Crippen molar-refractivity contribution in [1.29, 1.82) is 0 Å². The summed E-state index contributed by atoms with van der Waals surface area (Å²) in [6, 6.07) is 3.12. The van der Waals surface area contributed by atoms with Crippen molar-refractivity contribution < 1.29 is 4.79 Å². The van der Waals surface area contributed by atoms with E-state index in [0.29, 0.717) is 18.0 Å². The maximum absolute atomic E-state index is 11.5. The van der Waals surface area contributed by atoms with Gasteiger partial charge in [0, 0.05) is 37.7 Å². The molecule has 4 atom stereocenters. The van der Waals surface area contributed by atoms with E-state index in [9.17, 15) is 4.79 Å². The molecule has 2 aliphatic carbocycles. The second-order valence-corrected chi connectivity index (χ2v) is 7.64. The van der Waals surface area contributed by atoms with Crippen molar-refractivity contribution in [2.75, 3.05) is 7.05 Å². The molecule has 3 rings (SSSR count). The first-order valence-corrected chi connectivity index (χ1v) is 8.46. The molecule has 0 bridgehead atoms. The number of rotatable bonds is 3. The summed E-state index contributed by atoms with van der Waals surface area (Å²) in [5, 5.41) is 4.62. The second-order valence-electron chi connectivity index (χ2n) is 6.54. The van der Waals surface area contributed by atoms with Crippen LogP contribution in [0.5, 0.6) is 0 Å². The van der Waals surface area contributed by atoms with Gasteiger partial charge in [-0.05, 0) is 67.2 Å². The maximum Gasteiger partial charge on any atom is 0.219 e. The molecule has 0 spiro atoms. The van der Waals surface area contributed by atoms with Gasteiger partial charge in [0.15, 0.2) is 0 Å². The molecule has 0 N–H and O–H groups in total. The maximum atomic E-state index is 11.5. The van der Waals surface area contributed by atoms with E-state index < -0.39 is 0 Å². The third-order valence-corrected chi connectivity index (χ3v) is 5.56. The zero-order chi connectivity index (χ0) is 14.6. The molecule has 20 heavy (non-hydrogen) atoms. The van der Waals surface area contributed by atoms with Crippen LogP contribution in [-0.4, -0.2) is 33.7 Å². The summed E-state index contributed by atoms with van der Waals surface area (Å²) < 4.78 is 3.28. The van der Waals surface area contributed by atoms with Gasteiger partial charge < -0.3 is 4.90 Å². The third-order valence-electron chi connectivity index (χ3n) is 5.03. The average molecular weight is 387 g/mol. The molecular weight excluding hydrogens is 365 g/mol. The molecule has 0 aromatic carbocycles. The van der Waals surface area contributed by atoms with Crippen molar-refractivity contribution in [2.45, 2.75) is 51.6 Å². The molecule has 1 heterocycles. The summed E-state index contributed by atoms with van der Waals surface area (Å²) in [5.74, 6) is 2.37.